The van der Waals surface area contributed by atoms with Crippen LogP contribution >= 0.6 is 0 Å². The summed E-state index contributed by atoms with van der Waals surface area (Å²) in [7, 11) is 0. The van der Waals surface area contributed by atoms with Crippen molar-refractivity contribution in [3.8, 4) is 11.1 Å². The minimum Gasteiger partial charge on any atom is -0.481 e. The van der Waals surface area contributed by atoms with Gasteiger partial charge in [-0.05, 0) is 54.0 Å². The number of hydrogen-bond donors (Lipinski definition) is 3. The van der Waals surface area contributed by atoms with E-state index in [1.807, 2.05) is 66.7 Å². The van der Waals surface area contributed by atoms with E-state index < -0.39 is 36.0 Å². The number of carbonyl (C=O) groups is 3. The van der Waals surface area contributed by atoms with Gasteiger partial charge in [0.15, 0.2) is 0 Å². The van der Waals surface area contributed by atoms with Gasteiger partial charge in [-0.25, -0.2) is 4.79 Å². The Morgan fingerprint density at radius 1 is 0.902 bits per heavy atom. The summed E-state index contributed by atoms with van der Waals surface area (Å²) in [5.74, 6) is -1.87. The van der Waals surface area contributed by atoms with Crippen molar-refractivity contribution in [3.05, 3.63) is 95.6 Å². The van der Waals surface area contributed by atoms with Gasteiger partial charge in [-0.2, -0.15) is 0 Å². The number of rotatable bonds is 10. The summed E-state index contributed by atoms with van der Waals surface area (Å²) in [5, 5.41) is 15.1. The molecule has 2 aliphatic rings. The van der Waals surface area contributed by atoms with Gasteiger partial charge in [0.1, 0.15) is 12.6 Å². The minimum absolute atomic E-state index is 0.109. The van der Waals surface area contributed by atoms with Crippen molar-refractivity contribution < 1.29 is 29.0 Å². The molecule has 3 aromatic rings. The third-order valence-electron chi connectivity index (χ3n) is 8.09. The normalized spacial score (nSPS) is 19.3. The van der Waals surface area contributed by atoms with E-state index >= 15 is 0 Å². The molecule has 4 atom stereocenters. The molecule has 0 spiro atoms. The number of aliphatic carboxylic acids is 1. The van der Waals surface area contributed by atoms with Crippen molar-refractivity contribution >= 4 is 18.0 Å². The Balaban J connectivity index is 1.26. The maximum absolute atomic E-state index is 13.5. The number of hydrogen-bond acceptors (Lipinski definition) is 5. The van der Waals surface area contributed by atoms with E-state index in [9.17, 15) is 19.5 Å². The molecule has 5 rings (SSSR count). The molecule has 214 valence electrons. The fraction of sp³-hybridized carbons (Fsp3) is 0.364. The number of carboxylic acids is 1. The van der Waals surface area contributed by atoms with Crippen LogP contribution in [0.2, 0.25) is 0 Å². The maximum atomic E-state index is 13.5. The first kappa shape index (κ1) is 28.4. The molecule has 2 aliphatic carbocycles. The van der Waals surface area contributed by atoms with Crippen LogP contribution in [0.1, 0.15) is 55.2 Å². The van der Waals surface area contributed by atoms with Crippen molar-refractivity contribution in [1.82, 2.24) is 10.6 Å². The average Bonchev–Trinajstić information content (AvgIpc) is 3.31. The average molecular weight is 557 g/mol. The van der Waals surface area contributed by atoms with E-state index in [1.165, 1.54) is 0 Å². The van der Waals surface area contributed by atoms with Crippen molar-refractivity contribution in [2.24, 2.45) is 5.92 Å². The number of alkyl carbamates (subject to hydrolysis) is 1. The molecule has 0 bridgehead atoms. The van der Waals surface area contributed by atoms with Gasteiger partial charge in [0, 0.05) is 12.0 Å². The number of fused-ring (bicyclic) bond motifs is 3. The van der Waals surface area contributed by atoms with Crippen LogP contribution in [0.25, 0.3) is 11.1 Å². The van der Waals surface area contributed by atoms with Gasteiger partial charge in [-0.15, -0.1) is 0 Å². The Kier molecular flexibility index (Phi) is 8.99. The largest absolute Gasteiger partial charge is 0.481 e. The Labute approximate surface area is 240 Å². The maximum Gasteiger partial charge on any atom is 0.407 e. The van der Waals surface area contributed by atoms with Crippen LogP contribution in [0.4, 0.5) is 4.79 Å². The summed E-state index contributed by atoms with van der Waals surface area (Å²) < 4.78 is 11.7. The van der Waals surface area contributed by atoms with Gasteiger partial charge in [0.2, 0.25) is 5.91 Å². The minimum atomic E-state index is -1.03. The Hall–Kier alpha value is -4.17. The molecule has 0 saturated heterocycles. The number of benzene rings is 3. The summed E-state index contributed by atoms with van der Waals surface area (Å²) in [4.78, 5) is 38.1. The SMILES string of the molecule is C[C@H](OCc1ccccc1)[C@@H](NC(=O)OCC1c2ccccc2-c2ccccc21)C(=O)N[C@@H]1CCC[C@@H](C(=O)O)C1. The molecule has 8 nitrogen and oxygen atoms in total. The fourth-order valence-electron chi connectivity index (χ4n) is 5.90. The number of carboxylic acid groups (broad SMARTS) is 1. The van der Waals surface area contributed by atoms with Crippen LogP contribution in [0.3, 0.4) is 0 Å². The molecule has 0 radical (unpaired) electrons. The van der Waals surface area contributed by atoms with Crippen LogP contribution in [0, 0.1) is 5.92 Å². The van der Waals surface area contributed by atoms with Gasteiger partial charge < -0.3 is 25.2 Å². The van der Waals surface area contributed by atoms with Gasteiger partial charge in [-0.1, -0.05) is 85.3 Å². The van der Waals surface area contributed by atoms with Gasteiger partial charge >= 0.3 is 12.1 Å². The van der Waals surface area contributed by atoms with E-state index in [0.717, 1.165) is 27.8 Å². The quantitative estimate of drug-likeness (QED) is 0.314. The predicted octanol–water partition coefficient (Wildman–Crippen LogP) is 5.26. The zero-order chi connectivity index (χ0) is 28.8. The number of amides is 2. The van der Waals surface area contributed by atoms with Crippen LogP contribution in [-0.2, 0) is 25.7 Å². The van der Waals surface area contributed by atoms with Crippen molar-refractivity contribution in [2.45, 2.75) is 63.3 Å². The fourth-order valence-corrected chi connectivity index (χ4v) is 5.90. The molecule has 1 fully saturated rings. The number of carbonyl (C=O) groups excluding carboxylic acids is 2. The molecule has 2 amide bonds. The Morgan fingerprint density at radius 3 is 2.20 bits per heavy atom. The van der Waals surface area contributed by atoms with Crippen molar-refractivity contribution in [3.63, 3.8) is 0 Å². The molecule has 0 heterocycles. The second-order valence-electron chi connectivity index (χ2n) is 10.9. The third-order valence-corrected chi connectivity index (χ3v) is 8.09. The van der Waals surface area contributed by atoms with Gasteiger partial charge in [-0.3, -0.25) is 9.59 Å². The summed E-state index contributed by atoms with van der Waals surface area (Å²) in [6.45, 7) is 2.12. The molecule has 0 aliphatic heterocycles. The lowest BCUT2D eigenvalue weighted by Crippen LogP contribution is -2.55. The zero-order valence-electron chi connectivity index (χ0n) is 23.1. The Morgan fingerprint density at radius 2 is 1.54 bits per heavy atom. The number of nitrogens with one attached hydrogen (secondary N) is 2. The lowest BCUT2D eigenvalue weighted by Gasteiger charge is -2.30. The molecular weight excluding hydrogens is 520 g/mol. The van der Waals surface area contributed by atoms with E-state index in [4.69, 9.17) is 9.47 Å². The second kappa shape index (κ2) is 13.0. The first-order chi connectivity index (χ1) is 19.9. The van der Waals surface area contributed by atoms with E-state index in [2.05, 4.69) is 22.8 Å². The first-order valence-corrected chi connectivity index (χ1v) is 14.2. The van der Waals surface area contributed by atoms with Crippen LogP contribution < -0.4 is 10.6 Å². The predicted molar refractivity (Wildman–Crippen MR) is 154 cm³/mol. The standard InChI is InChI=1S/C33H36N2O6/c1-21(40-19-22-10-3-2-4-11-22)30(31(36)34-24-13-9-12-23(18-24)32(37)38)35-33(39)41-20-29-27-16-7-5-14-25(27)26-15-6-8-17-28(26)29/h2-8,10-11,14-17,21,23-24,29-30H,9,12-13,18-20H2,1H3,(H,34,36)(H,35,39)(H,37,38)/t21-,23+,24+,30+/m0/s1. The van der Waals surface area contributed by atoms with Crippen LogP contribution in [0.15, 0.2) is 78.9 Å². The molecular formula is C33H36N2O6. The zero-order valence-corrected chi connectivity index (χ0v) is 23.1. The molecule has 3 N–H and O–H groups in total. The topological polar surface area (TPSA) is 114 Å². The van der Waals surface area contributed by atoms with Gasteiger partial charge in [0.25, 0.3) is 0 Å². The lowest BCUT2D eigenvalue weighted by atomic mass is 9.85. The highest BCUT2D eigenvalue weighted by Gasteiger charge is 2.34. The molecule has 0 unspecified atom stereocenters. The molecule has 1 saturated carbocycles. The Bertz CT molecular complexity index is 1330. The van der Waals surface area contributed by atoms with Crippen molar-refractivity contribution in [1.29, 1.82) is 0 Å². The highest BCUT2D eigenvalue weighted by Crippen LogP contribution is 2.44. The second-order valence-corrected chi connectivity index (χ2v) is 10.9. The van der Waals surface area contributed by atoms with Crippen LogP contribution in [-0.4, -0.2) is 47.9 Å². The highest BCUT2D eigenvalue weighted by molar-refractivity contribution is 5.86. The summed E-state index contributed by atoms with van der Waals surface area (Å²) in [5.41, 5.74) is 5.39. The van der Waals surface area contributed by atoms with E-state index in [1.54, 1.807) is 6.92 Å². The van der Waals surface area contributed by atoms with Crippen molar-refractivity contribution in [2.75, 3.05) is 6.61 Å². The summed E-state index contributed by atoms with van der Waals surface area (Å²) in [6.07, 6.45) is 0.972. The smallest absolute Gasteiger partial charge is 0.407 e. The summed E-state index contributed by atoms with van der Waals surface area (Å²) in [6, 6.07) is 24.4. The van der Waals surface area contributed by atoms with Gasteiger partial charge in [0.05, 0.1) is 18.6 Å². The summed E-state index contributed by atoms with van der Waals surface area (Å²) >= 11 is 0. The van der Waals surface area contributed by atoms with E-state index in [-0.39, 0.29) is 25.2 Å². The highest BCUT2D eigenvalue weighted by atomic mass is 16.5. The number of ether oxygens (including phenoxy) is 2. The molecule has 41 heavy (non-hydrogen) atoms. The van der Waals surface area contributed by atoms with Crippen LogP contribution in [0.5, 0.6) is 0 Å². The molecule has 0 aromatic heterocycles. The first-order valence-electron chi connectivity index (χ1n) is 14.2. The molecule has 3 aromatic carbocycles. The lowest BCUT2D eigenvalue weighted by molar-refractivity contribution is -0.143. The third kappa shape index (κ3) is 6.77. The molecule has 8 heteroatoms. The monoisotopic (exact) mass is 556 g/mol. The van der Waals surface area contributed by atoms with E-state index in [0.29, 0.717) is 25.7 Å².